The van der Waals surface area contributed by atoms with Crippen LogP contribution >= 0.6 is 0 Å². The Morgan fingerprint density at radius 2 is 1.77 bits per heavy atom. The molecule has 164 valence electrons. The number of unbranched alkanes of at least 4 members (excludes halogenated alkanes) is 1. The Labute approximate surface area is 180 Å². The van der Waals surface area contributed by atoms with E-state index in [1.165, 1.54) is 23.0 Å². The minimum Gasteiger partial charge on any atom is -0.478 e. The summed E-state index contributed by atoms with van der Waals surface area (Å²) in [5, 5.41) is 0. The number of anilines is 1. The number of aromatic nitrogens is 3. The van der Waals surface area contributed by atoms with E-state index in [2.05, 4.69) is 33.9 Å². The van der Waals surface area contributed by atoms with E-state index in [0.717, 1.165) is 38.0 Å². The van der Waals surface area contributed by atoms with Gasteiger partial charge in [-0.25, -0.2) is 0 Å². The van der Waals surface area contributed by atoms with Gasteiger partial charge >= 0.3 is 11.1 Å². The second-order valence-corrected chi connectivity index (χ2v) is 8.09. The van der Waals surface area contributed by atoms with Crippen LogP contribution in [0.3, 0.4) is 0 Å². The summed E-state index contributed by atoms with van der Waals surface area (Å²) in [4.78, 5) is 34.1. The van der Waals surface area contributed by atoms with Gasteiger partial charge in [-0.2, -0.15) is 4.98 Å². The van der Waals surface area contributed by atoms with Crippen LogP contribution in [-0.2, 0) is 13.1 Å². The monoisotopic (exact) mass is 423 g/mol. The van der Waals surface area contributed by atoms with Crippen LogP contribution in [0.1, 0.15) is 43.7 Å². The molecule has 1 fully saturated rings. The van der Waals surface area contributed by atoms with Crippen molar-refractivity contribution in [1.82, 2.24) is 19.4 Å². The molecule has 1 aromatic carbocycles. The zero-order chi connectivity index (χ0) is 21.8. The van der Waals surface area contributed by atoms with Gasteiger partial charge in [0.1, 0.15) is 5.52 Å². The van der Waals surface area contributed by atoms with Crippen molar-refractivity contribution in [2.75, 3.05) is 25.4 Å². The second-order valence-electron chi connectivity index (χ2n) is 8.09. The molecule has 31 heavy (non-hydrogen) atoms. The van der Waals surface area contributed by atoms with Gasteiger partial charge in [-0.05, 0) is 43.5 Å². The predicted octanol–water partition coefficient (Wildman–Crippen LogP) is 2.49. The minimum absolute atomic E-state index is 0.135. The number of ether oxygens (including phenoxy) is 1. The van der Waals surface area contributed by atoms with Crippen LogP contribution in [0.15, 0.2) is 39.9 Å². The highest BCUT2D eigenvalue weighted by Gasteiger charge is 2.14. The summed E-state index contributed by atoms with van der Waals surface area (Å²) in [6.07, 6.45) is 4.41. The van der Waals surface area contributed by atoms with Gasteiger partial charge in [0.05, 0.1) is 18.7 Å². The molecule has 8 heteroatoms. The number of H-pyrrole nitrogens is 1. The normalized spacial score (nSPS) is 14.4. The highest BCUT2D eigenvalue weighted by Crippen LogP contribution is 2.22. The third kappa shape index (κ3) is 4.80. The first-order valence-electron chi connectivity index (χ1n) is 10.9. The fourth-order valence-corrected chi connectivity index (χ4v) is 3.95. The van der Waals surface area contributed by atoms with Gasteiger partial charge in [-0.1, -0.05) is 37.6 Å². The van der Waals surface area contributed by atoms with Gasteiger partial charge in [0, 0.05) is 12.6 Å². The van der Waals surface area contributed by atoms with Crippen LogP contribution in [0, 0.1) is 0 Å². The van der Waals surface area contributed by atoms with Crippen molar-refractivity contribution < 1.29 is 4.74 Å². The number of nitrogens with zero attached hydrogens (tertiary/aromatic N) is 3. The van der Waals surface area contributed by atoms with Crippen molar-refractivity contribution in [2.24, 2.45) is 0 Å². The first-order chi connectivity index (χ1) is 15.0. The standard InChI is InChI=1S/C23H29N5O3/c1-2-3-12-31-19-13-18-20(21(24)25-19)26-22(29)23(30)28(18)15-17-8-6-16(7-9-17)14-27-10-4-5-11-27/h6-9,13H,2-5,10-12,14-15H2,1H3,(H2,24,25)(H,26,29). The Morgan fingerprint density at radius 1 is 1.10 bits per heavy atom. The minimum atomic E-state index is -0.716. The molecule has 0 spiro atoms. The van der Waals surface area contributed by atoms with Gasteiger partial charge in [-0.3, -0.25) is 19.1 Å². The number of benzene rings is 1. The topological polar surface area (TPSA) is 106 Å². The molecule has 8 nitrogen and oxygen atoms in total. The number of fused-ring (bicyclic) bond motifs is 1. The average molecular weight is 424 g/mol. The third-order valence-electron chi connectivity index (χ3n) is 5.69. The van der Waals surface area contributed by atoms with Gasteiger partial charge in [0.15, 0.2) is 5.82 Å². The fraction of sp³-hybridized carbons (Fsp3) is 0.435. The van der Waals surface area contributed by atoms with Gasteiger partial charge in [0.25, 0.3) is 0 Å². The van der Waals surface area contributed by atoms with Crippen molar-refractivity contribution in [1.29, 1.82) is 0 Å². The van der Waals surface area contributed by atoms with Crippen molar-refractivity contribution in [3.8, 4) is 5.88 Å². The predicted molar refractivity (Wildman–Crippen MR) is 121 cm³/mol. The molecule has 4 rings (SSSR count). The van der Waals surface area contributed by atoms with E-state index in [4.69, 9.17) is 10.5 Å². The number of likely N-dealkylation sites (tertiary alicyclic amines) is 1. The molecule has 3 aromatic rings. The zero-order valence-corrected chi connectivity index (χ0v) is 17.9. The first-order valence-corrected chi connectivity index (χ1v) is 10.9. The molecule has 0 radical (unpaired) electrons. The zero-order valence-electron chi connectivity index (χ0n) is 17.9. The van der Waals surface area contributed by atoms with Crippen LogP contribution in [-0.4, -0.2) is 39.1 Å². The van der Waals surface area contributed by atoms with Crippen molar-refractivity contribution in [3.05, 3.63) is 62.2 Å². The molecule has 0 saturated carbocycles. The Kier molecular flexibility index (Phi) is 6.36. The Hall–Kier alpha value is -3.13. The van der Waals surface area contributed by atoms with E-state index in [0.29, 0.717) is 23.5 Å². The highest BCUT2D eigenvalue weighted by molar-refractivity contribution is 5.85. The van der Waals surface area contributed by atoms with E-state index in [9.17, 15) is 9.59 Å². The summed E-state index contributed by atoms with van der Waals surface area (Å²) in [7, 11) is 0. The van der Waals surface area contributed by atoms with E-state index in [-0.39, 0.29) is 12.4 Å². The molecule has 1 aliphatic heterocycles. The smallest absolute Gasteiger partial charge is 0.317 e. The molecular formula is C23H29N5O3. The lowest BCUT2D eigenvalue weighted by Gasteiger charge is -2.15. The maximum Gasteiger partial charge on any atom is 0.317 e. The Bertz CT molecular complexity index is 1160. The maximum atomic E-state index is 12.7. The molecule has 0 aliphatic carbocycles. The molecule has 0 atom stereocenters. The summed E-state index contributed by atoms with van der Waals surface area (Å²) in [5.74, 6) is 0.482. The third-order valence-corrected chi connectivity index (χ3v) is 5.69. The molecule has 3 heterocycles. The summed E-state index contributed by atoms with van der Waals surface area (Å²) < 4.78 is 7.13. The van der Waals surface area contributed by atoms with Crippen LogP contribution in [0.25, 0.3) is 11.0 Å². The first kappa shape index (κ1) is 21.1. The van der Waals surface area contributed by atoms with Crippen LogP contribution < -0.4 is 21.6 Å². The number of rotatable bonds is 8. The number of hydrogen-bond donors (Lipinski definition) is 2. The molecule has 0 bridgehead atoms. The molecule has 3 N–H and O–H groups in total. The van der Waals surface area contributed by atoms with E-state index < -0.39 is 11.1 Å². The number of nitrogen functional groups attached to an aromatic ring is 1. The van der Waals surface area contributed by atoms with E-state index in [1.54, 1.807) is 6.07 Å². The number of nitrogens with one attached hydrogen (secondary N) is 1. The molecule has 1 aliphatic rings. The van der Waals surface area contributed by atoms with Crippen molar-refractivity contribution in [2.45, 2.75) is 45.7 Å². The summed E-state index contributed by atoms with van der Waals surface area (Å²) in [6, 6.07) is 9.86. The molecular weight excluding hydrogens is 394 g/mol. The number of aromatic amines is 1. The quantitative estimate of drug-likeness (QED) is 0.426. The van der Waals surface area contributed by atoms with Gasteiger partial charge in [-0.15, -0.1) is 0 Å². The van der Waals surface area contributed by atoms with E-state index >= 15 is 0 Å². The molecule has 1 saturated heterocycles. The summed E-state index contributed by atoms with van der Waals surface area (Å²) >= 11 is 0. The largest absolute Gasteiger partial charge is 0.478 e. The summed E-state index contributed by atoms with van der Waals surface area (Å²) in [6.45, 7) is 6.09. The fourth-order valence-electron chi connectivity index (χ4n) is 3.95. The second kappa shape index (κ2) is 9.34. The lowest BCUT2D eigenvalue weighted by molar-refractivity contribution is 0.298. The van der Waals surface area contributed by atoms with Crippen LogP contribution in [0.4, 0.5) is 5.82 Å². The van der Waals surface area contributed by atoms with Crippen LogP contribution in [0.2, 0.25) is 0 Å². The Balaban J connectivity index is 1.64. The van der Waals surface area contributed by atoms with Crippen molar-refractivity contribution in [3.63, 3.8) is 0 Å². The lowest BCUT2D eigenvalue weighted by Crippen LogP contribution is -2.37. The highest BCUT2D eigenvalue weighted by atomic mass is 16.5. The van der Waals surface area contributed by atoms with E-state index in [1.807, 2.05) is 12.1 Å². The Morgan fingerprint density at radius 3 is 2.45 bits per heavy atom. The SMILES string of the molecule is CCCCOc1cc2c([nH]c(=O)c(=O)n2Cc2ccc(CN3CCCC3)cc2)c(N)n1. The van der Waals surface area contributed by atoms with Gasteiger partial charge < -0.3 is 15.5 Å². The lowest BCUT2D eigenvalue weighted by atomic mass is 10.1. The maximum absolute atomic E-state index is 12.7. The summed E-state index contributed by atoms with van der Waals surface area (Å²) in [5.41, 5.74) is 7.74. The van der Waals surface area contributed by atoms with Crippen LogP contribution in [0.5, 0.6) is 5.88 Å². The average Bonchev–Trinajstić information content (AvgIpc) is 3.27. The molecule has 0 amide bonds. The number of hydrogen-bond acceptors (Lipinski definition) is 6. The number of nitrogens with two attached hydrogens (primary N) is 1. The van der Waals surface area contributed by atoms with Gasteiger partial charge in [0.2, 0.25) is 5.88 Å². The molecule has 0 unspecified atom stereocenters. The number of pyridine rings is 1. The van der Waals surface area contributed by atoms with Crippen molar-refractivity contribution >= 4 is 16.9 Å². The molecule has 2 aromatic heterocycles.